The number of hydrogen-bond donors (Lipinski definition) is 3. The van der Waals surface area contributed by atoms with E-state index in [0.717, 1.165) is 0 Å². The van der Waals surface area contributed by atoms with Crippen LogP contribution in [-0.2, 0) is 9.53 Å². The molecule has 2 amide bonds. The number of ether oxygens (including phenoxy) is 1. The third kappa shape index (κ3) is 4.85. The average molecular weight is 280 g/mol. The summed E-state index contributed by atoms with van der Waals surface area (Å²) in [5.74, 6) is -0.0634. The Morgan fingerprint density at radius 3 is 2.80 bits per heavy atom. The topological polar surface area (TPSA) is 92.4 Å². The van der Waals surface area contributed by atoms with Crippen LogP contribution < -0.4 is 16.0 Å². The highest BCUT2D eigenvalue weighted by Crippen LogP contribution is 2.03. The quantitative estimate of drug-likeness (QED) is 0.612. The standard InChI is InChI=1S/C13H20N4O3/c1-9(12(18)15-7-8-20-3)16-13(19)10-5-4-6-11(14-2)17-10/h4-6,9H,7-8H2,1-3H3,(H,14,17)(H,15,18)(H,16,19). The number of carbonyl (C=O) groups is 2. The van der Waals surface area contributed by atoms with Crippen LogP contribution in [0.4, 0.5) is 5.82 Å². The summed E-state index contributed by atoms with van der Waals surface area (Å²) in [5.41, 5.74) is 0.258. The molecule has 1 unspecified atom stereocenters. The van der Waals surface area contributed by atoms with Gasteiger partial charge in [0, 0.05) is 20.7 Å². The van der Waals surface area contributed by atoms with Crippen LogP contribution in [0.2, 0.25) is 0 Å². The van der Waals surface area contributed by atoms with Crippen molar-refractivity contribution in [2.75, 3.05) is 32.6 Å². The fraction of sp³-hybridized carbons (Fsp3) is 0.462. The van der Waals surface area contributed by atoms with Crippen molar-refractivity contribution in [3.05, 3.63) is 23.9 Å². The van der Waals surface area contributed by atoms with Crippen molar-refractivity contribution in [3.63, 3.8) is 0 Å². The van der Waals surface area contributed by atoms with Crippen LogP contribution in [0, 0.1) is 0 Å². The average Bonchev–Trinajstić information content (AvgIpc) is 2.47. The van der Waals surface area contributed by atoms with Gasteiger partial charge in [-0.2, -0.15) is 0 Å². The summed E-state index contributed by atoms with van der Waals surface area (Å²) in [7, 11) is 3.27. The summed E-state index contributed by atoms with van der Waals surface area (Å²) < 4.78 is 4.83. The van der Waals surface area contributed by atoms with Crippen molar-refractivity contribution in [1.29, 1.82) is 0 Å². The van der Waals surface area contributed by atoms with Gasteiger partial charge in [0.05, 0.1) is 6.61 Å². The molecule has 1 aromatic heterocycles. The molecular formula is C13H20N4O3. The van der Waals surface area contributed by atoms with Gasteiger partial charge in [-0.05, 0) is 19.1 Å². The number of hydrogen-bond acceptors (Lipinski definition) is 5. The first-order valence-electron chi connectivity index (χ1n) is 6.30. The number of rotatable bonds is 7. The number of pyridine rings is 1. The first kappa shape index (κ1) is 15.9. The molecule has 0 aliphatic carbocycles. The van der Waals surface area contributed by atoms with Crippen LogP contribution in [0.25, 0.3) is 0 Å². The largest absolute Gasteiger partial charge is 0.383 e. The molecule has 0 spiro atoms. The molecule has 0 fully saturated rings. The van der Waals surface area contributed by atoms with Crippen LogP contribution in [0.3, 0.4) is 0 Å². The summed E-state index contributed by atoms with van der Waals surface area (Å²) >= 11 is 0. The first-order valence-corrected chi connectivity index (χ1v) is 6.30. The van der Waals surface area contributed by atoms with E-state index in [-0.39, 0.29) is 11.6 Å². The van der Waals surface area contributed by atoms with Gasteiger partial charge in [-0.15, -0.1) is 0 Å². The Kier molecular flexibility index (Phi) is 6.45. The van der Waals surface area contributed by atoms with Gasteiger partial charge in [-0.25, -0.2) is 4.98 Å². The molecule has 0 aromatic carbocycles. The zero-order chi connectivity index (χ0) is 15.0. The lowest BCUT2D eigenvalue weighted by molar-refractivity contribution is -0.122. The van der Waals surface area contributed by atoms with Crippen LogP contribution in [0.1, 0.15) is 17.4 Å². The van der Waals surface area contributed by atoms with E-state index >= 15 is 0 Å². The highest BCUT2D eigenvalue weighted by Gasteiger charge is 2.17. The normalized spacial score (nSPS) is 11.6. The Hall–Kier alpha value is -2.15. The lowest BCUT2D eigenvalue weighted by atomic mass is 10.2. The van der Waals surface area contributed by atoms with Gasteiger partial charge in [0.15, 0.2) is 0 Å². The van der Waals surface area contributed by atoms with Crippen LogP contribution in [-0.4, -0.2) is 50.1 Å². The maximum atomic E-state index is 12.0. The molecule has 1 atom stereocenters. The zero-order valence-electron chi connectivity index (χ0n) is 11.9. The van der Waals surface area contributed by atoms with Gasteiger partial charge in [0.25, 0.3) is 5.91 Å². The minimum atomic E-state index is -0.639. The van der Waals surface area contributed by atoms with E-state index in [1.54, 1.807) is 39.3 Å². The van der Waals surface area contributed by atoms with Crippen LogP contribution in [0.5, 0.6) is 0 Å². The van der Waals surface area contributed by atoms with Crippen LogP contribution in [0.15, 0.2) is 18.2 Å². The Balaban J connectivity index is 2.54. The second-order valence-electron chi connectivity index (χ2n) is 4.14. The number of nitrogens with one attached hydrogen (secondary N) is 3. The SMILES string of the molecule is CNc1cccc(C(=O)NC(C)C(=O)NCCOC)n1. The van der Waals surface area contributed by atoms with Gasteiger partial charge in [0.2, 0.25) is 5.91 Å². The van der Waals surface area contributed by atoms with Crippen LogP contribution >= 0.6 is 0 Å². The summed E-state index contributed by atoms with van der Waals surface area (Å²) in [5, 5.41) is 8.09. The highest BCUT2D eigenvalue weighted by molar-refractivity contribution is 5.96. The van der Waals surface area contributed by atoms with Gasteiger partial charge >= 0.3 is 0 Å². The fourth-order valence-electron chi connectivity index (χ4n) is 1.47. The Labute approximate surface area is 118 Å². The summed E-state index contributed by atoms with van der Waals surface area (Å²) in [6.45, 7) is 2.45. The molecule has 7 nitrogen and oxygen atoms in total. The Morgan fingerprint density at radius 1 is 1.40 bits per heavy atom. The highest BCUT2D eigenvalue weighted by atomic mass is 16.5. The van der Waals surface area contributed by atoms with Crippen molar-refractivity contribution in [1.82, 2.24) is 15.6 Å². The van der Waals surface area contributed by atoms with Crippen molar-refractivity contribution < 1.29 is 14.3 Å². The van der Waals surface area contributed by atoms with E-state index in [0.29, 0.717) is 19.0 Å². The van der Waals surface area contributed by atoms with Crippen molar-refractivity contribution in [3.8, 4) is 0 Å². The van der Waals surface area contributed by atoms with Gasteiger partial charge in [-0.3, -0.25) is 9.59 Å². The van der Waals surface area contributed by atoms with Gasteiger partial charge in [-0.1, -0.05) is 6.07 Å². The summed E-state index contributed by atoms with van der Waals surface area (Å²) in [6, 6.07) is 4.42. The molecule has 3 N–H and O–H groups in total. The van der Waals surface area contributed by atoms with E-state index in [1.807, 2.05) is 0 Å². The smallest absolute Gasteiger partial charge is 0.270 e. The minimum absolute atomic E-state index is 0.258. The number of methoxy groups -OCH3 is 1. The zero-order valence-corrected chi connectivity index (χ0v) is 11.9. The molecule has 1 aromatic rings. The lowest BCUT2D eigenvalue weighted by Crippen LogP contribution is -2.45. The third-order valence-electron chi connectivity index (χ3n) is 2.58. The molecule has 0 radical (unpaired) electrons. The molecule has 1 rings (SSSR count). The van der Waals surface area contributed by atoms with E-state index in [2.05, 4.69) is 20.9 Å². The number of amides is 2. The van der Waals surface area contributed by atoms with E-state index in [1.165, 1.54) is 0 Å². The van der Waals surface area contributed by atoms with E-state index in [4.69, 9.17) is 4.74 Å². The van der Waals surface area contributed by atoms with E-state index in [9.17, 15) is 9.59 Å². The van der Waals surface area contributed by atoms with E-state index < -0.39 is 11.9 Å². The lowest BCUT2D eigenvalue weighted by Gasteiger charge is -2.14. The molecule has 0 saturated carbocycles. The molecule has 0 aliphatic rings. The molecule has 0 bridgehead atoms. The number of anilines is 1. The molecule has 20 heavy (non-hydrogen) atoms. The number of nitrogens with zero attached hydrogens (tertiary/aromatic N) is 1. The third-order valence-corrected chi connectivity index (χ3v) is 2.58. The van der Waals surface area contributed by atoms with Gasteiger partial charge < -0.3 is 20.7 Å². The first-order chi connectivity index (χ1) is 9.58. The summed E-state index contributed by atoms with van der Waals surface area (Å²) in [4.78, 5) is 27.7. The molecule has 1 heterocycles. The van der Waals surface area contributed by atoms with Crippen molar-refractivity contribution in [2.24, 2.45) is 0 Å². The summed E-state index contributed by atoms with van der Waals surface area (Å²) in [6.07, 6.45) is 0. The Morgan fingerprint density at radius 2 is 2.15 bits per heavy atom. The molecule has 7 heteroatoms. The molecule has 0 saturated heterocycles. The second-order valence-corrected chi connectivity index (χ2v) is 4.14. The predicted octanol–water partition coefficient (Wildman–Crippen LogP) is 0.00420. The minimum Gasteiger partial charge on any atom is -0.383 e. The maximum absolute atomic E-state index is 12.0. The second kappa shape index (κ2) is 8.11. The van der Waals surface area contributed by atoms with Crippen molar-refractivity contribution >= 4 is 17.6 Å². The predicted molar refractivity (Wildman–Crippen MR) is 75.6 cm³/mol. The fourth-order valence-corrected chi connectivity index (χ4v) is 1.47. The Bertz CT molecular complexity index is 465. The van der Waals surface area contributed by atoms with Crippen molar-refractivity contribution in [2.45, 2.75) is 13.0 Å². The molecule has 110 valence electrons. The number of carbonyl (C=O) groups excluding carboxylic acids is 2. The molecule has 0 aliphatic heterocycles. The molecular weight excluding hydrogens is 260 g/mol. The van der Waals surface area contributed by atoms with Gasteiger partial charge in [0.1, 0.15) is 17.6 Å². The number of aromatic nitrogens is 1. The monoisotopic (exact) mass is 280 g/mol. The maximum Gasteiger partial charge on any atom is 0.270 e.